The third-order valence-electron chi connectivity index (χ3n) is 3.72. The Morgan fingerprint density at radius 3 is 2.78 bits per heavy atom. The number of aromatic amines is 1. The van der Waals surface area contributed by atoms with Gasteiger partial charge in [-0.05, 0) is 35.9 Å². The zero-order valence-corrected chi connectivity index (χ0v) is 12.6. The van der Waals surface area contributed by atoms with Crippen LogP contribution < -0.4 is 4.74 Å². The fourth-order valence-corrected chi connectivity index (χ4v) is 2.55. The van der Waals surface area contributed by atoms with Crippen LogP contribution in [0.1, 0.15) is 11.4 Å². The topological polar surface area (TPSA) is 63.9 Å². The molecular weight excluding hydrogens is 290 g/mol. The van der Waals surface area contributed by atoms with Gasteiger partial charge < -0.3 is 14.1 Å². The molecule has 0 aliphatic carbocycles. The standard InChI is InChI=1S/C18H15N3O2/c1-22-14-6-4-12(5-7-14)9-17-20-15-10-13(11-19-18(15)21-17)16-3-2-8-23-16/h2-8,10-11H,9H2,1H3,(H,19,20,21). The number of H-pyrrole nitrogens is 1. The second-order valence-electron chi connectivity index (χ2n) is 5.28. The number of pyridine rings is 1. The molecule has 0 fully saturated rings. The van der Waals surface area contributed by atoms with E-state index in [-0.39, 0.29) is 0 Å². The molecule has 5 heteroatoms. The molecule has 5 nitrogen and oxygen atoms in total. The molecule has 1 N–H and O–H groups in total. The monoisotopic (exact) mass is 305 g/mol. The molecular formula is C18H15N3O2. The Morgan fingerprint density at radius 1 is 1.17 bits per heavy atom. The van der Waals surface area contributed by atoms with Crippen LogP contribution in [-0.2, 0) is 6.42 Å². The van der Waals surface area contributed by atoms with Gasteiger partial charge in [-0.3, -0.25) is 0 Å². The molecule has 0 bridgehead atoms. The summed E-state index contributed by atoms with van der Waals surface area (Å²) in [4.78, 5) is 12.3. The van der Waals surface area contributed by atoms with Crippen molar-refractivity contribution in [1.29, 1.82) is 0 Å². The highest BCUT2D eigenvalue weighted by Gasteiger charge is 2.08. The van der Waals surface area contributed by atoms with Gasteiger partial charge in [0, 0.05) is 18.2 Å². The number of imidazole rings is 1. The van der Waals surface area contributed by atoms with Crippen molar-refractivity contribution in [3.63, 3.8) is 0 Å². The Labute approximate surface area is 133 Å². The summed E-state index contributed by atoms with van der Waals surface area (Å²) in [5.41, 5.74) is 3.71. The normalized spacial score (nSPS) is 11.0. The summed E-state index contributed by atoms with van der Waals surface area (Å²) in [6.07, 6.45) is 4.15. The van der Waals surface area contributed by atoms with Crippen molar-refractivity contribution in [2.75, 3.05) is 7.11 Å². The Bertz CT molecular complexity index is 925. The van der Waals surface area contributed by atoms with E-state index in [9.17, 15) is 0 Å². The molecule has 0 aliphatic heterocycles. The van der Waals surface area contributed by atoms with Gasteiger partial charge >= 0.3 is 0 Å². The van der Waals surface area contributed by atoms with E-state index in [1.165, 1.54) is 0 Å². The van der Waals surface area contributed by atoms with Gasteiger partial charge in [0.15, 0.2) is 5.65 Å². The van der Waals surface area contributed by atoms with E-state index in [4.69, 9.17) is 9.15 Å². The Balaban J connectivity index is 1.63. The van der Waals surface area contributed by atoms with Crippen molar-refractivity contribution < 1.29 is 9.15 Å². The van der Waals surface area contributed by atoms with Crippen LogP contribution in [-0.4, -0.2) is 22.1 Å². The lowest BCUT2D eigenvalue weighted by Crippen LogP contribution is -1.91. The maximum absolute atomic E-state index is 5.41. The highest BCUT2D eigenvalue weighted by atomic mass is 16.5. The van der Waals surface area contributed by atoms with Gasteiger partial charge in [0.05, 0.1) is 18.9 Å². The zero-order valence-electron chi connectivity index (χ0n) is 12.6. The third kappa shape index (κ3) is 2.68. The Kier molecular flexibility index (Phi) is 3.31. The number of nitrogens with zero attached hydrogens (tertiary/aromatic N) is 2. The second-order valence-corrected chi connectivity index (χ2v) is 5.28. The molecule has 3 aromatic heterocycles. The van der Waals surface area contributed by atoms with E-state index in [1.54, 1.807) is 19.6 Å². The van der Waals surface area contributed by atoms with E-state index in [0.717, 1.165) is 40.4 Å². The fraction of sp³-hybridized carbons (Fsp3) is 0.111. The van der Waals surface area contributed by atoms with Crippen LogP contribution in [0.25, 0.3) is 22.5 Å². The lowest BCUT2D eigenvalue weighted by Gasteiger charge is -2.01. The average Bonchev–Trinajstić information content (AvgIpc) is 3.24. The van der Waals surface area contributed by atoms with Crippen molar-refractivity contribution in [1.82, 2.24) is 15.0 Å². The largest absolute Gasteiger partial charge is 0.497 e. The molecule has 3 heterocycles. The summed E-state index contributed by atoms with van der Waals surface area (Å²) in [5, 5.41) is 0. The van der Waals surface area contributed by atoms with Gasteiger partial charge in [-0.1, -0.05) is 12.1 Å². The molecule has 0 saturated carbocycles. The number of ether oxygens (including phenoxy) is 1. The van der Waals surface area contributed by atoms with Crippen molar-refractivity contribution in [2.24, 2.45) is 0 Å². The first-order valence-electron chi connectivity index (χ1n) is 7.33. The first-order chi connectivity index (χ1) is 11.3. The summed E-state index contributed by atoms with van der Waals surface area (Å²) >= 11 is 0. The lowest BCUT2D eigenvalue weighted by atomic mass is 10.1. The smallest absolute Gasteiger partial charge is 0.177 e. The number of rotatable bonds is 4. The predicted octanol–water partition coefficient (Wildman–Crippen LogP) is 3.82. The van der Waals surface area contributed by atoms with Crippen molar-refractivity contribution in [2.45, 2.75) is 6.42 Å². The highest BCUT2D eigenvalue weighted by molar-refractivity contribution is 5.76. The van der Waals surface area contributed by atoms with Gasteiger partial charge in [0.2, 0.25) is 0 Å². The molecule has 0 unspecified atom stereocenters. The van der Waals surface area contributed by atoms with E-state index in [0.29, 0.717) is 5.65 Å². The molecule has 0 aliphatic rings. The number of aromatic nitrogens is 3. The van der Waals surface area contributed by atoms with Crippen LogP contribution >= 0.6 is 0 Å². The summed E-state index contributed by atoms with van der Waals surface area (Å²) in [6, 6.07) is 13.8. The minimum Gasteiger partial charge on any atom is -0.497 e. The van der Waals surface area contributed by atoms with Crippen LogP contribution in [0.3, 0.4) is 0 Å². The highest BCUT2D eigenvalue weighted by Crippen LogP contribution is 2.22. The van der Waals surface area contributed by atoms with Crippen molar-refractivity contribution in [3.05, 3.63) is 66.3 Å². The predicted molar refractivity (Wildman–Crippen MR) is 87.4 cm³/mol. The molecule has 114 valence electrons. The molecule has 4 rings (SSSR count). The van der Waals surface area contributed by atoms with Gasteiger partial charge in [-0.2, -0.15) is 0 Å². The van der Waals surface area contributed by atoms with Gasteiger partial charge in [-0.15, -0.1) is 0 Å². The first-order valence-corrected chi connectivity index (χ1v) is 7.33. The van der Waals surface area contributed by atoms with Gasteiger partial charge in [0.25, 0.3) is 0 Å². The van der Waals surface area contributed by atoms with Crippen LogP contribution in [0.4, 0.5) is 0 Å². The van der Waals surface area contributed by atoms with E-state index in [2.05, 4.69) is 15.0 Å². The number of benzene rings is 1. The molecule has 0 saturated heterocycles. The number of hydrogen-bond donors (Lipinski definition) is 1. The van der Waals surface area contributed by atoms with E-state index >= 15 is 0 Å². The summed E-state index contributed by atoms with van der Waals surface area (Å²) < 4.78 is 10.6. The zero-order chi connectivity index (χ0) is 15.6. The molecule has 0 spiro atoms. The molecule has 0 radical (unpaired) electrons. The Morgan fingerprint density at radius 2 is 2.04 bits per heavy atom. The number of fused-ring (bicyclic) bond motifs is 1. The first kappa shape index (κ1) is 13.6. The van der Waals surface area contributed by atoms with Gasteiger partial charge in [-0.25, -0.2) is 9.97 Å². The van der Waals surface area contributed by atoms with Gasteiger partial charge in [0.1, 0.15) is 17.3 Å². The van der Waals surface area contributed by atoms with Crippen LogP contribution in [0.2, 0.25) is 0 Å². The van der Waals surface area contributed by atoms with Crippen molar-refractivity contribution >= 4 is 11.2 Å². The number of hydrogen-bond acceptors (Lipinski definition) is 4. The SMILES string of the molecule is COc1ccc(Cc2nc3ncc(-c4ccco4)cc3[nH]2)cc1. The van der Waals surface area contributed by atoms with E-state index in [1.807, 2.05) is 42.5 Å². The van der Waals surface area contributed by atoms with Crippen LogP contribution in [0.5, 0.6) is 5.75 Å². The van der Waals surface area contributed by atoms with Crippen LogP contribution in [0.15, 0.2) is 59.3 Å². The number of furan rings is 1. The molecule has 0 atom stereocenters. The quantitative estimate of drug-likeness (QED) is 0.622. The molecule has 0 amide bonds. The Hall–Kier alpha value is -3.08. The minimum atomic E-state index is 0.712. The summed E-state index contributed by atoms with van der Waals surface area (Å²) in [7, 11) is 1.66. The fourth-order valence-electron chi connectivity index (χ4n) is 2.55. The molecule has 1 aromatic carbocycles. The summed E-state index contributed by atoms with van der Waals surface area (Å²) in [5.74, 6) is 2.53. The van der Waals surface area contributed by atoms with Crippen molar-refractivity contribution in [3.8, 4) is 17.1 Å². The average molecular weight is 305 g/mol. The number of methoxy groups -OCH3 is 1. The maximum atomic E-state index is 5.41. The minimum absolute atomic E-state index is 0.712. The third-order valence-corrected chi connectivity index (χ3v) is 3.72. The molecule has 4 aromatic rings. The van der Waals surface area contributed by atoms with Crippen LogP contribution in [0, 0.1) is 0 Å². The number of nitrogens with one attached hydrogen (secondary N) is 1. The second kappa shape index (κ2) is 5.61. The van der Waals surface area contributed by atoms with E-state index < -0.39 is 0 Å². The lowest BCUT2D eigenvalue weighted by molar-refractivity contribution is 0.414. The summed E-state index contributed by atoms with van der Waals surface area (Å²) in [6.45, 7) is 0. The maximum Gasteiger partial charge on any atom is 0.177 e. The molecule has 23 heavy (non-hydrogen) atoms.